The maximum absolute atomic E-state index is 11.6. The van der Waals surface area contributed by atoms with Crippen molar-refractivity contribution in [1.29, 1.82) is 0 Å². The van der Waals surface area contributed by atoms with Crippen molar-refractivity contribution < 1.29 is 19.1 Å². The zero-order valence-corrected chi connectivity index (χ0v) is 17.1. The quantitative estimate of drug-likeness (QED) is 0.722. The average Bonchev–Trinajstić information content (AvgIpc) is 2.40. The summed E-state index contributed by atoms with van der Waals surface area (Å²) in [4.78, 5) is 23.3. The van der Waals surface area contributed by atoms with Crippen LogP contribution in [0, 0.1) is 0 Å². The minimum atomic E-state index is -0.475. The van der Waals surface area contributed by atoms with Crippen LogP contribution in [-0.2, 0) is 9.47 Å². The lowest BCUT2D eigenvalue weighted by atomic mass is 10.2. The first kappa shape index (κ1) is 21.3. The number of hydrogen-bond acceptors (Lipinski definition) is 6. The average molecular weight is 379 g/mol. The molecule has 0 spiro atoms. The molecule has 0 aliphatic carbocycles. The molecule has 1 heterocycles. The number of carbonyl (C=O) groups excluding carboxylic acids is 2. The van der Waals surface area contributed by atoms with Gasteiger partial charge >= 0.3 is 12.2 Å². The number of nitrogens with one attached hydrogen (secondary N) is 2. The van der Waals surface area contributed by atoms with Crippen LogP contribution < -0.4 is 10.6 Å². The second kappa shape index (κ2) is 9.08. The molecule has 1 rings (SSSR count). The third-order valence-electron chi connectivity index (χ3n) is 2.88. The van der Waals surface area contributed by atoms with Crippen molar-refractivity contribution in [1.82, 2.24) is 10.6 Å². The Balaban J connectivity index is 2.18. The third kappa shape index (κ3) is 10.2. The molecule has 1 aliphatic heterocycles. The summed E-state index contributed by atoms with van der Waals surface area (Å²) in [6, 6.07) is 0. The van der Waals surface area contributed by atoms with Gasteiger partial charge in [0.2, 0.25) is 0 Å². The SMILES string of the molecule is CC(C)(C)OC(=O)NC[C@H]1CC[C@@H](CNC(=O)OC(C)(C)C)SS1. The summed E-state index contributed by atoms with van der Waals surface area (Å²) in [6.07, 6.45) is 1.24. The molecule has 0 aromatic carbocycles. The van der Waals surface area contributed by atoms with E-state index in [1.54, 1.807) is 21.6 Å². The molecule has 2 atom stereocenters. The Labute approximate surface area is 153 Å². The molecule has 140 valence electrons. The van der Waals surface area contributed by atoms with Gasteiger partial charge in [0.1, 0.15) is 11.2 Å². The first-order valence-corrected chi connectivity index (χ1v) is 10.5. The number of alkyl carbamates (subject to hydrolysis) is 2. The molecule has 0 unspecified atom stereocenters. The van der Waals surface area contributed by atoms with Crippen LogP contribution in [0.5, 0.6) is 0 Å². The maximum Gasteiger partial charge on any atom is 0.407 e. The van der Waals surface area contributed by atoms with E-state index in [1.807, 2.05) is 41.5 Å². The van der Waals surface area contributed by atoms with Gasteiger partial charge in [-0.25, -0.2) is 9.59 Å². The van der Waals surface area contributed by atoms with E-state index in [9.17, 15) is 9.59 Å². The predicted molar refractivity (Wildman–Crippen MR) is 100 cm³/mol. The van der Waals surface area contributed by atoms with Gasteiger partial charge in [-0.1, -0.05) is 21.6 Å². The van der Waals surface area contributed by atoms with Crippen LogP contribution in [0.15, 0.2) is 0 Å². The summed E-state index contributed by atoms with van der Waals surface area (Å²) in [7, 11) is 3.50. The maximum atomic E-state index is 11.6. The number of rotatable bonds is 4. The summed E-state index contributed by atoms with van der Waals surface area (Å²) in [5.41, 5.74) is -0.950. The third-order valence-corrected chi connectivity index (χ3v) is 6.31. The summed E-state index contributed by atoms with van der Waals surface area (Å²) >= 11 is 0. The molecule has 1 aliphatic rings. The fraction of sp³-hybridized carbons (Fsp3) is 0.875. The second-order valence-corrected chi connectivity index (χ2v) is 10.7. The first-order valence-electron chi connectivity index (χ1n) is 8.20. The van der Waals surface area contributed by atoms with Crippen LogP contribution in [0.3, 0.4) is 0 Å². The molecule has 0 aromatic heterocycles. The summed E-state index contributed by atoms with van der Waals surface area (Å²) in [5, 5.41) is 6.35. The van der Waals surface area contributed by atoms with Crippen LogP contribution in [0.1, 0.15) is 54.4 Å². The number of ether oxygens (including phenoxy) is 2. The minimum absolute atomic E-state index is 0.361. The lowest BCUT2D eigenvalue weighted by Gasteiger charge is -2.28. The van der Waals surface area contributed by atoms with Gasteiger partial charge in [-0.05, 0) is 54.4 Å². The Morgan fingerprint density at radius 1 is 0.833 bits per heavy atom. The van der Waals surface area contributed by atoms with Crippen molar-refractivity contribution in [3.05, 3.63) is 0 Å². The number of carbonyl (C=O) groups is 2. The van der Waals surface area contributed by atoms with E-state index in [0.29, 0.717) is 23.6 Å². The van der Waals surface area contributed by atoms with Gasteiger partial charge in [0.15, 0.2) is 0 Å². The normalized spacial score (nSPS) is 21.8. The number of hydrogen-bond donors (Lipinski definition) is 2. The Morgan fingerprint density at radius 2 is 1.17 bits per heavy atom. The van der Waals surface area contributed by atoms with Gasteiger partial charge in [0, 0.05) is 23.6 Å². The molecule has 0 aromatic rings. The first-order chi connectivity index (χ1) is 10.9. The predicted octanol–water partition coefficient (Wildman–Crippen LogP) is 3.95. The Morgan fingerprint density at radius 3 is 1.42 bits per heavy atom. The van der Waals surface area contributed by atoms with Crippen LogP contribution in [-0.4, -0.2) is 47.0 Å². The van der Waals surface area contributed by atoms with Crippen LogP contribution in [0.2, 0.25) is 0 Å². The van der Waals surface area contributed by atoms with Crippen molar-refractivity contribution >= 4 is 33.8 Å². The molecule has 24 heavy (non-hydrogen) atoms. The van der Waals surface area contributed by atoms with E-state index < -0.39 is 11.2 Å². The Hall–Kier alpha value is -0.760. The van der Waals surface area contributed by atoms with Gasteiger partial charge < -0.3 is 20.1 Å². The van der Waals surface area contributed by atoms with Gasteiger partial charge in [-0.15, -0.1) is 0 Å². The van der Waals surface area contributed by atoms with Gasteiger partial charge in [0.05, 0.1) is 0 Å². The highest BCUT2D eigenvalue weighted by atomic mass is 33.1. The van der Waals surface area contributed by atoms with E-state index >= 15 is 0 Å². The highest BCUT2D eigenvalue weighted by molar-refractivity contribution is 8.77. The summed E-state index contributed by atoms with van der Waals surface area (Å²) in [6.45, 7) is 12.3. The van der Waals surface area contributed by atoms with E-state index in [4.69, 9.17) is 9.47 Å². The molecule has 0 saturated carbocycles. The summed E-state index contributed by atoms with van der Waals surface area (Å²) < 4.78 is 10.5. The fourth-order valence-electron chi connectivity index (χ4n) is 1.92. The molecule has 1 fully saturated rings. The van der Waals surface area contributed by atoms with Crippen molar-refractivity contribution in [2.75, 3.05) is 13.1 Å². The summed E-state index contributed by atoms with van der Waals surface area (Å²) in [5.74, 6) is 0. The molecule has 0 radical (unpaired) electrons. The lowest BCUT2D eigenvalue weighted by molar-refractivity contribution is 0.0514. The van der Waals surface area contributed by atoms with E-state index in [0.717, 1.165) is 12.8 Å². The largest absolute Gasteiger partial charge is 0.444 e. The topological polar surface area (TPSA) is 76.7 Å². The van der Waals surface area contributed by atoms with Crippen LogP contribution >= 0.6 is 21.6 Å². The molecule has 0 bridgehead atoms. The fourth-order valence-corrected chi connectivity index (χ4v) is 4.93. The minimum Gasteiger partial charge on any atom is -0.444 e. The molecule has 2 amide bonds. The second-order valence-electron chi connectivity index (χ2n) is 7.78. The Kier molecular flexibility index (Phi) is 8.05. The zero-order chi connectivity index (χ0) is 18.4. The smallest absolute Gasteiger partial charge is 0.407 e. The van der Waals surface area contributed by atoms with E-state index in [2.05, 4.69) is 10.6 Å². The van der Waals surface area contributed by atoms with Crippen molar-refractivity contribution in [3.8, 4) is 0 Å². The van der Waals surface area contributed by atoms with E-state index in [1.165, 1.54) is 0 Å². The van der Waals surface area contributed by atoms with Crippen LogP contribution in [0.25, 0.3) is 0 Å². The molecule has 1 saturated heterocycles. The molecule has 6 nitrogen and oxygen atoms in total. The molecule has 2 N–H and O–H groups in total. The van der Waals surface area contributed by atoms with Crippen molar-refractivity contribution in [3.63, 3.8) is 0 Å². The van der Waals surface area contributed by atoms with Gasteiger partial charge in [-0.2, -0.15) is 0 Å². The van der Waals surface area contributed by atoms with Crippen molar-refractivity contribution in [2.45, 2.75) is 76.1 Å². The molecular weight excluding hydrogens is 348 g/mol. The number of amides is 2. The highest BCUT2D eigenvalue weighted by Gasteiger charge is 2.25. The van der Waals surface area contributed by atoms with Crippen molar-refractivity contribution in [2.24, 2.45) is 0 Å². The molecular formula is C16H30N2O4S2. The highest BCUT2D eigenvalue weighted by Crippen LogP contribution is 2.40. The Bertz CT molecular complexity index is 385. The van der Waals surface area contributed by atoms with E-state index in [-0.39, 0.29) is 12.2 Å². The monoisotopic (exact) mass is 378 g/mol. The van der Waals surface area contributed by atoms with Crippen LogP contribution in [0.4, 0.5) is 9.59 Å². The standard InChI is InChI=1S/C16H30N2O4S2/c1-15(2,3)21-13(19)17-9-11-7-8-12(24-23-11)10-18-14(20)22-16(4,5)6/h11-12H,7-10H2,1-6H3,(H,17,19)(H,18,20)/t11-,12+. The lowest BCUT2D eigenvalue weighted by Crippen LogP contribution is -2.38. The van der Waals surface area contributed by atoms with Gasteiger partial charge in [0.25, 0.3) is 0 Å². The molecule has 8 heteroatoms. The zero-order valence-electron chi connectivity index (χ0n) is 15.4. The van der Waals surface area contributed by atoms with Gasteiger partial charge in [-0.3, -0.25) is 0 Å².